The van der Waals surface area contributed by atoms with Gasteiger partial charge in [0.2, 0.25) is 0 Å². The minimum absolute atomic E-state index is 0.289. The van der Waals surface area contributed by atoms with Crippen LogP contribution >= 0.6 is 0 Å². The number of amides is 1. The van der Waals surface area contributed by atoms with Gasteiger partial charge in [-0.1, -0.05) is 0 Å². The van der Waals surface area contributed by atoms with Gasteiger partial charge in [-0.15, -0.1) is 0 Å². The molecule has 7 nitrogen and oxygen atoms in total. The summed E-state index contributed by atoms with van der Waals surface area (Å²) in [5.74, 6) is 1.43. The van der Waals surface area contributed by atoms with Crippen molar-refractivity contribution in [1.29, 1.82) is 0 Å². The van der Waals surface area contributed by atoms with Crippen molar-refractivity contribution in [3.8, 4) is 17.3 Å². The highest BCUT2D eigenvalue weighted by Crippen LogP contribution is 2.25. The zero-order valence-electron chi connectivity index (χ0n) is 13.3. The lowest BCUT2D eigenvalue weighted by Gasteiger charge is -2.11. The summed E-state index contributed by atoms with van der Waals surface area (Å²) >= 11 is 0. The first-order valence-electron chi connectivity index (χ1n) is 7.20. The van der Waals surface area contributed by atoms with E-state index in [2.05, 4.69) is 15.4 Å². The molecule has 0 spiro atoms. The van der Waals surface area contributed by atoms with Crippen molar-refractivity contribution in [2.24, 2.45) is 0 Å². The molecule has 0 saturated heterocycles. The van der Waals surface area contributed by atoms with Gasteiger partial charge in [0.05, 0.1) is 31.7 Å². The molecule has 0 aliphatic rings. The maximum atomic E-state index is 12.4. The van der Waals surface area contributed by atoms with E-state index in [-0.39, 0.29) is 5.91 Å². The molecule has 7 heteroatoms. The van der Waals surface area contributed by atoms with Gasteiger partial charge in [-0.3, -0.25) is 4.79 Å². The standard InChI is InChI=1S/C17H16N4O3/c1-23-13-5-6-14(15(10-13)24-2)17(22)20-12-4-7-16(18-11-12)21-9-3-8-19-21/h3-11H,1-2H3,(H,20,22). The SMILES string of the molecule is COc1ccc(C(=O)Nc2ccc(-n3cccn3)nc2)c(OC)c1. The van der Waals surface area contributed by atoms with E-state index in [4.69, 9.17) is 9.47 Å². The second-order valence-electron chi connectivity index (χ2n) is 4.88. The minimum Gasteiger partial charge on any atom is -0.497 e. The largest absolute Gasteiger partial charge is 0.497 e. The van der Waals surface area contributed by atoms with Crippen LogP contribution < -0.4 is 14.8 Å². The third-order valence-electron chi connectivity index (χ3n) is 3.40. The molecule has 0 atom stereocenters. The van der Waals surface area contributed by atoms with E-state index in [9.17, 15) is 4.79 Å². The van der Waals surface area contributed by atoms with Crippen LogP contribution in [0.15, 0.2) is 55.0 Å². The maximum absolute atomic E-state index is 12.4. The molecule has 0 aliphatic carbocycles. The number of aromatic nitrogens is 3. The third-order valence-corrected chi connectivity index (χ3v) is 3.40. The summed E-state index contributed by atoms with van der Waals surface area (Å²) < 4.78 is 12.0. The van der Waals surface area contributed by atoms with Gasteiger partial charge in [0.15, 0.2) is 5.82 Å². The Morgan fingerprint density at radius 2 is 2.04 bits per heavy atom. The van der Waals surface area contributed by atoms with E-state index in [1.807, 2.05) is 6.07 Å². The van der Waals surface area contributed by atoms with Gasteiger partial charge in [-0.2, -0.15) is 5.10 Å². The Kier molecular flexibility index (Phi) is 4.42. The Morgan fingerprint density at radius 3 is 2.67 bits per heavy atom. The Hall–Kier alpha value is -3.35. The number of carbonyl (C=O) groups is 1. The lowest BCUT2D eigenvalue weighted by Crippen LogP contribution is -2.13. The normalized spacial score (nSPS) is 10.2. The third kappa shape index (κ3) is 3.19. The highest BCUT2D eigenvalue weighted by Gasteiger charge is 2.13. The van der Waals surface area contributed by atoms with Crippen LogP contribution in [0.2, 0.25) is 0 Å². The fourth-order valence-corrected chi connectivity index (χ4v) is 2.18. The fraction of sp³-hybridized carbons (Fsp3) is 0.118. The lowest BCUT2D eigenvalue weighted by molar-refractivity contribution is 0.102. The predicted molar refractivity (Wildman–Crippen MR) is 88.9 cm³/mol. The van der Waals surface area contributed by atoms with Gasteiger partial charge in [-0.25, -0.2) is 9.67 Å². The van der Waals surface area contributed by atoms with Crippen LogP contribution in [-0.4, -0.2) is 34.9 Å². The van der Waals surface area contributed by atoms with Crippen LogP contribution in [0.3, 0.4) is 0 Å². The van der Waals surface area contributed by atoms with Crippen molar-refractivity contribution in [2.45, 2.75) is 0 Å². The molecule has 1 amide bonds. The average molecular weight is 324 g/mol. The number of pyridine rings is 1. The number of hydrogen-bond donors (Lipinski definition) is 1. The highest BCUT2D eigenvalue weighted by atomic mass is 16.5. The average Bonchev–Trinajstić information content (AvgIpc) is 3.16. The first kappa shape index (κ1) is 15.5. The molecular formula is C17H16N4O3. The van der Waals surface area contributed by atoms with Gasteiger partial charge in [0.1, 0.15) is 11.5 Å². The highest BCUT2D eigenvalue weighted by molar-refractivity contribution is 6.06. The van der Waals surface area contributed by atoms with Crippen molar-refractivity contribution >= 4 is 11.6 Å². The number of hydrogen-bond acceptors (Lipinski definition) is 5. The number of benzene rings is 1. The minimum atomic E-state index is -0.289. The maximum Gasteiger partial charge on any atom is 0.259 e. The van der Waals surface area contributed by atoms with Crippen molar-refractivity contribution in [3.05, 3.63) is 60.6 Å². The smallest absolute Gasteiger partial charge is 0.259 e. The molecule has 122 valence electrons. The molecule has 2 aromatic heterocycles. The molecule has 0 radical (unpaired) electrons. The second kappa shape index (κ2) is 6.82. The zero-order valence-corrected chi connectivity index (χ0v) is 13.3. The van der Waals surface area contributed by atoms with Crippen molar-refractivity contribution < 1.29 is 14.3 Å². The van der Waals surface area contributed by atoms with E-state index in [0.717, 1.165) is 0 Å². The zero-order chi connectivity index (χ0) is 16.9. The Bertz CT molecular complexity index is 830. The number of nitrogens with zero attached hydrogens (tertiary/aromatic N) is 3. The quantitative estimate of drug-likeness (QED) is 0.780. The summed E-state index contributed by atoms with van der Waals surface area (Å²) in [6, 6.07) is 10.4. The van der Waals surface area contributed by atoms with Crippen molar-refractivity contribution in [1.82, 2.24) is 14.8 Å². The summed E-state index contributed by atoms with van der Waals surface area (Å²) in [6.07, 6.45) is 5.04. The number of rotatable bonds is 5. The molecule has 24 heavy (non-hydrogen) atoms. The van der Waals surface area contributed by atoms with Crippen molar-refractivity contribution in [3.63, 3.8) is 0 Å². The van der Waals surface area contributed by atoms with E-state index < -0.39 is 0 Å². The van der Waals surface area contributed by atoms with Gasteiger partial charge in [-0.05, 0) is 30.3 Å². The topological polar surface area (TPSA) is 78.3 Å². The lowest BCUT2D eigenvalue weighted by atomic mass is 10.1. The molecule has 1 N–H and O–H groups in total. The number of methoxy groups -OCH3 is 2. The van der Waals surface area contributed by atoms with E-state index in [1.54, 1.807) is 60.7 Å². The summed E-state index contributed by atoms with van der Waals surface area (Å²) in [6.45, 7) is 0. The van der Waals surface area contributed by atoms with Crippen molar-refractivity contribution in [2.75, 3.05) is 19.5 Å². The molecule has 0 saturated carbocycles. The van der Waals surface area contributed by atoms with Crippen LogP contribution in [0, 0.1) is 0 Å². The summed E-state index contributed by atoms with van der Waals surface area (Å²) in [5.41, 5.74) is 0.989. The Morgan fingerprint density at radius 1 is 1.17 bits per heavy atom. The van der Waals surface area contributed by atoms with Crippen LogP contribution in [0.5, 0.6) is 11.5 Å². The monoisotopic (exact) mass is 324 g/mol. The van der Waals surface area contributed by atoms with Crippen LogP contribution in [0.4, 0.5) is 5.69 Å². The van der Waals surface area contributed by atoms with Crippen LogP contribution in [0.25, 0.3) is 5.82 Å². The molecule has 0 fully saturated rings. The summed E-state index contributed by atoms with van der Waals surface area (Å²) in [7, 11) is 3.06. The molecule has 2 heterocycles. The van der Waals surface area contributed by atoms with Gasteiger partial charge >= 0.3 is 0 Å². The predicted octanol–water partition coefficient (Wildman–Crippen LogP) is 2.54. The van der Waals surface area contributed by atoms with E-state index in [0.29, 0.717) is 28.6 Å². The molecular weight excluding hydrogens is 308 g/mol. The molecule has 3 rings (SSSR count). The van der Waals surface area contributed by atoms with Crippen LogP contribution in [-0.2, 0) is 0 Å². The molecule has 0 unspecified atom stereocenters. The van der Waals surface area contributed by atoms with Gasteiger partial charge in [0, 0.05) is 18.5 Å². The number of nitrogens with one attached hydrogen (secondary N) is 1. The number of ether oxygens (including phenoxy) is 2. The molecule has 3 aromatic rings. The molecule has 0 aliphatic heterocycles. The van der Waals surface area contributed by atoms with Gasteiger partial charge in [0.25, 0.3) is 5.91 Å². The molecule has 0 bridgehead atoms. The molecule has 1 aromatic carbocycles. The second-order valence-corrected chi connectivity index (χ2v) is 4.88. The number of anilines is 1. The Balaban J connectivity index is 1.77. The number of carbonyl (C=O) groups excluding carboxylic acids is 1. The van der Waals surface area contributed by atoms with Gasteiger partial charge < -0.3 is 14.8 Å². The summed E-state index contributed by atoms with van der Waals surface area (Å²) in [4.78, 5) is 16.7. The first-order chi connectivity index (χ1) is 11.7. The van der Waals surface area contributed by atoms with E-state index in [1.165, 1.54) is 7.11 Å². The summed E-state index contributed by atoms with van der Waals surface area (Å²) in [5, 5.41) is 6.89. The first-order valence-corrected chi connectivity index (χ1v) is 7.20. The van der Waals surface area contributed by atoms with Crippen LogP contribution in [0.1, 0.15) is 10.4 Å². The Labute approximate surface area is 138 Å². The van der Waals surface area contributed by atoms with E-state index >= 15 is 0 Å². The fourth-order valence-electron chi connectivity index (χ4n) is 2.18.